The van der Waals surface area contributed by atoms with Gasteiger partial charge in [0, 0.05) is 6.04 Å². The molecule has 0 aromatic heterocycles. The summed E-state index contributed by atoms with van der Waals surface area (Å²) in [5.41, 5.74) is 7.28. The van der Waals surface area contributed by atoms with Gasteiger partial charge in [-0.1, -0.05) is 12.8 Å². The van der Waals surface area contributed by atoms with Gasteiger partial charge in [-0.15, -0.1) is 12.4 Å². The van der Waals surface area contributed by atoms with Gasteiger partial charge in [0.2, 0.25) is 0 Å². The van der Waals surface area contributed by atoms with E-state index < -0.39 is 0 Å². The van der Waals surface area contributed by atoms with Crippen molar-refractivity contribution in [1.82, 2.24) is 0 Å². The van der Waals surface area contributed by atoms with Crippen LogP contribution in [0.3, 0.4) is 0 Å². The molecular formula is C11H14ClI2NO. The van der Waals surface area contributed by atoms with Crippen LogP contribution in [0.15, 0.2) is 12.1 Å². The Morgan fingerprint density at radius 1 is 1.31 bits per heavy atom. The lowest BCUT2D eigenvalue weighted by molar-refractivity contribution is 0.466. The highest BCUT2D eigenvalue weighted by molar-refractivity contribution is 14.1. The zero-order chi connectivity index (χ0) is 11.0. The zero-order valence-electron chi connectivity index (χ0n) is 8.62. The summed E-state index contributed by atoms with van der Waals surface area (Å²) in [6, 6.07) is 4.11. The van der Waals surface area contributed by atoms with Crippen LogP contribution in [0, 0.1) is 13.1 Å². The fraction of sp³-hybridized carbons (Fsp3) is 0.455. The summed E-state index contributed by atoms with van der Waals surface area (Å²) in [5.74, 6) is 1.21. The summed E-state index contributed by atoms with van der Waals surface area (Å²) >= 11 is 4.30. The van der Waals surface area contributed by atoms with Crippen molar-refractivity contribution in [2.75, 3.05) is 0 Å². The number of hydrogen-bond donors (Lipinski definition) is 2. The van der Waals surface area contributed by atoms with Gasteiger partial charge in [-0.2, -0.15) is 0 Å². The first-order chi connectivity index (χ1) is 7.08. The van der Waals surface area contributed by atoms with Crippen LogP contribution in [0.4, 0.5) is 0 Å². The molecular weight excluding hydrogens is 451 g/mol. The van der Waals surface area contributed by atoms with E-state index in [-0.39, 0.29) is 18.4 Å². The number of phenols is 1. The standard InChI is InChI=1S/C11H13I2NO.ClH/c12-8-4-7(5-9(13)11(8)15)10(14)3-6-1-2-6;/h4-6,10,15H,1-3,14H2;1H/t10-;/m0./s1. The number of phenolic OH excluding ortho intramolecular Hbond substituents is 1. The van der Waals surface area contributed by atoms with E-state index in [2.05, 4.69) is 45.2 Å². The summed E-state index contributed by atoms with van der Waals surface area (Å²) in [7, 11) is 0. The highest BCUT2D eigenvalue weighted by Crippen LogP contribution is 2.38. The molecule has 1 fully saturated rings. The van der Waals surface area contributed by atoms with E-state index in [4.69, 9.17) is 5.73 Å². The molecule has 1 aliphatic rings. The Morgan fingerprint density at radius 3 is 2.25 bits per heavy atom. The smallest absolute Gasteiger partial charge is 0.142 e. The molecule has 1 aromatic carbocycles. The molecule has 5 heteroatoms. The fourth-order valence-corrected chi connectivity index (χ4v) is 3.46. The van der Waals surface area contributed by atoms with Gasteiger partial charge >= 0.3 is 0 Å². The van der Waals surface area contributed by atoms with Crippen molar-refractivity contribution in [2.45, 2.75) is 25.3 Å². The first-order valence-corrected chi connectivity index (χ1v) is 7.17. The Morgan fingerprint density at radius 2 is 1.81 bits per heavy atom. The van der Waals surface area contributed by atoms with Crippen molar-refractivity contribution >= 4 is 57.6 Å². The first kappa shape index (κ1) is 14.8. The van der Waals surface area contributed by atoms with Crippen LogP contribution in [0.1, 0.15) is 30.9 Å². The minimum absolute atomic E-state index is 0. The molecule has 3 N–H and O–H groups in total. The first-order valence-electron chi connectivity index (χ1n) is 5.01. The summed E-state index contributed by atoms with van der Waals surface area (Å²) in [4.78, 5) is 0. The lowest BCUT2D eigenvalue weighted by atomic mass is 10.0. The minimum Gasteiger partial charge on any atom is -0.506 e. The Hall–Kier alpha value is 0.730. The van der Waals surface area contributed by atoms with E-state index in [9.17, 15) is 5.11 Å². The molecule has 0 aliphatic heterocycles. The highest BCUT2D eigenvalue weighted by atomic mass is 127. The van der Waals surface area contributed by atoms with E-state index in [1.165, 1.54) is 12.8 Å². The molecule has 0 radical (unpaired) electrons. The average molecular weight is 466 g/mol. The van der Waals surface area contributed by atoms with Crippen molar-refractivity contribution < 1.29 is 5.11 Å². The van der Waals surface area contributed by atoms with E-state index in [1.807, 2.05) is 12.1 Å². The van der Waals surface area contributed by atoms with Crippen LogP contribution in [0.5, 0.6) is 5.75 Å². The minimum atomic E-state index is 0. The highest BCUT2D eigenvalue weighted by Gasteiger charge is 2.25. The van der Waals surface area contributed by atoms with Crippen molar-refractivity contribution in [2.24, 2.45) is 11.7 Å². The molecule has 0 saturated heterocycles. The molecule has 1 aliphatic carbocycles. The Bertz CT molecular complexity index is 359. The van der Waals surface area contributed by atoms with Crippen molar-refractivity contribution in [3.63, 3.8) is 0 Å². The quantitative estimate of drug-likeness (QED) is 0.667. The molecule has 0 spiro atoms. The molecule has 1 atom stereocenters. The second-order valence-electron chi connectivity index (χ2n) is 4.12. The summed E-state index contributed by atoms with van der Waals surface area (Å²) in [6.07, 6.45) is 3.75. The third-order valence-electron chi connectivity index (χ3n) is 2.75. The van der Waals surface area contributed by atoms with E-state index in [0.717, 1.165) is 25.0 Å². The van der Waals surface area contributed by atoms with Crippen molar-refractivity contribution in [3.8, 4) is 5.75 Å². The second-order valence-corrected chi connectivity index (χ2v) is 6.44. The number of benzene rings is 1. The van der Waals surface area contributed by atoms with Gasteiger partial charge in [0.15, 0.2) is 0 Å². The maximum Gasteiger partial charge on any atom is 0.142 e. The van der Waals surface area contributed by atoms with Crippen molar-refractivity contribution in [1.29, 1.82) is 0 Å². The predicted octanol–water partition coefficient (Wildman–Crippen LogP) is 3.82. The third-order valence-corrected chi connectivity index (χ3v) is 4.40. The number of aromatic hydroxyl groups is 1. The number of rotatable bonds is 3. The Labute approximate surface area is 129 Å². The topological polar surface area (TPSA) is 46.2 Å². The van der Waals surface area contributed by atoms with Gasteiger partial charge in [-0.3, -0.25) is 0 Å². The molecule has 2 rings (SSSR count). The van der Waals surface area contributed by atoms with Gasteiger partial charge < -0.3 is 10.8 Å². The molecule has 16 heavy (non-hydrogen) atoms. The number of nitrogens with two attached hydrogens (primary N) is 1. The van der Waals surface area contributed by atoms with Gasteiger partial charge in [0.05, 0.1) is 7.14 Å². The second kappa shape index (κ2) is 6.06. The van der Waals surface area contributed by atoms with Crippen molar-refractivity contribution in [3.05, 3.63) is 24.8 Å². The van der Waals surface area contributed by atoms with E-state index >= 15 is 0 Å². The lowest BCUT2D eigenvalue weighted by Gasteiger charge is -2.13. The van der Waals surface area contributed by atoms with Crippen LogP contribution in [0.2, 0.25) is 0 Å². The Balaban J connectivity index is 0.00000128. The van der Waals surface area contributed by atoms with Crippen LogP contribution in [-0.4, -0.2) is 5.11 Å². The molecule has 2 nitrogen and oxygen atoms in total. The molecule has 0 bridgehead atoms. The van der Waals surface area contributed by atoms with Crippen LogP contribution in [0.25, 0.3) is 0 Å². The van der Waals surface area contributed by atoms with Crippen LogP contribution >= 0.6 is 57.6 Å². The third kappa shape index (κ3) is 3.61. The number of hydrogen-bond acceptors (Lipinski definition) is 2. The molecule has 0 unspecified atom stereocenters. The van der Waals surface area contributed by atoms with Gasteiger partial charge in [-0.25, -0.2) is 0 Å². The zero-order valence-corrected chi connectivity index (χ0v) is 13.8. The molecule has 0 amide bonds. The van der Waals surface area contributed by atoms with Crippen LogP contribution in [-0.2, 0) is 0 Å². The summed E-state index contributed by atoms with van der Waals surface area (Å²) in [6.45, 7) is 0. The van der Waals surface area contributed by atoms with Gasteiger partial charge in [0.25, 0.3) is 0 Å². The molecule has 90 valence electrons. The van der Waals surface area contributed by atoms with E-state index in [1.54, 1.807) is 0 Å². The average Bonchev–Trinajstić information content (AvgIpc) is 2.97. The fourth-order valence-electron chi connectivity index (χ4n) is 1.65. The maximum absolute atomic E-state index is 9.65. The largest absolute Gasteiger partial charge is 0.506 e. The molecule has 0 heterocycles. The summed E-state index contributed by atoms with van der Waals surface area (Å²) in [5, 5.41) is 9.65. The van der Waals surface area contributed by atoms with E-state index in [0.29, 0.717) is 5.75 Å². The molecule has 1 saturated carbocycles. The molecule has 1 aromatic rings. The normalized spacial score (nSPS) is 16.7. The lowest BCUT2D eigenvalue weighted by Crippen LogP contribution is -2.11. The van der Waals surface area contributed by atoms with Gasteiger partial charge in [-0.05, 0) is 75.2 Å². The van der Waals surface area contributed by atoms with Crippen LogP contribution < -0.4 is 5.73 Å². The summed E-state index contributed by atoms with van der Waals surface area (Å²) < 4.78 is 1.78. The predicted molar refractivity (Wildman–Crippen MR) is 85.1 cm³/mol. The SMILES string of the molecule is Cl.N[C@@H](CC1CC1)c1cc(I)c(O)c(I)c1. The number of halogens is 3. The maximum atomic E-state index is 9.65. The monoisotopic (exact) mass is 465 g/mol. The van der Waals surface area contributed by atoms with Gasteiger partial charge in [0.1, 0.15) is 5.75 Å². The Kier molecular flexibility index (Phi) is 5.60.